The molecule has 13 heavy (non-hydrogen) atoms. The molecule has 0 aliphatic carbocycles. The summed E-state index contributed by atoms with van der Waals surface area (Å²) in [5.41, 5.74) is 2.04. The third-order valence-electron chi connectivity index (χ3n) is 1.70. The van der Waals surface area contributed by atoms with Crippen LogP contribution in [0.3, 0.4) is 0 Å². The molecule has 1 rings (SSSR count). The lowest BCUT2D eigenvalue weighted by Gasteiger charge is -2.12. The van der Waals surface area contributed by atoms with Crippen LogP contribution in [0.2, 0.25) is 5.02 Å². The van der Waals surface area contributed by atoms with Gasteiger partial charge in [-0.2, -0.15) is 0 Å². The quantitative estimate of drug-likeness (QED) is 0.647. The topological polar surface area (TPSA) is 0 Å². The number of benzene rings is 1. The van der Waals surface area contributed by atoms with Crippen LogP contribution >= 0.6 is 46.4 Å². The Hall–Kier alpha value is 0.380. The highest BCUT2D eigenvalue weighted by molar-refractivity contribution is 6.67. The highest BCUT2D eigenvalue weighted by atomic mass is 35.6. The van der Waals surface area contributed by atoms with E-state index in [0.717, 1.165) is 11.1 Å². The van der Waals surface area contributed by atoms with Crippen LogP contribution < -0.4 is 0 Å². The second kappa shape index (κ2) is 4.27. The minimum Gasteiger partial charge on any atom is -0.0843 e. The van der Waals surface area contributed by atoms with E-state index in [9.17, 15) is 0 Å². The molecule has 1 aromatic carbocycles. The average Bonchev–Trinajstić information content (AvgIpc) is 1.94. The maximum Gasteiger partial charge on any atom is 0.194 e. The van der Waals surface area contributed by atoms with Crippen molar-refractivity contribution >= 4 is 46.4 Å². The zero-order valence-electron chi connectivity index (χ0n) is 6.95. The van der Waals surface area contributed by atoms with Gasteiger partial charge in [0.05, 0.1) is 0 Å². The maximum atomic E-state index is 5.82. The first-order valence-corrected chi connectivity index (χ1v) is 5.21. The fourth-order valence-corrected chi connectivity index (χ4v) is 1.67. The summed E-state index contributed by atoms with van der Waals surface area (Å²) in [5, 5.41) is 0.662. The molecule has 0 aromatic heterocycles. The van der Waals surface area contributed by atoms with Crippen LogP contribution in [-0.4, -0.2) is 3.79 Å². The molecular weight excluding hydrogens is 250 g/mol. The van der Waals surface area contributed by atoms with Crippen molar-refractivity contribution in [1.29, 1.82) is 0 Å². The Morgan fingerprint density at radius 3 is 2.38 bits per heavy atom. The molecule has 0 saturated heterocycles. The minimum absolute atomic E-state index is 0.379. The van der Waals surface area contributed by atoms with Crippen molar-refractivity contribution in [3.63, 3.8) is 0 Å². The molecule has 0 N–H and O–H groups in total. The summed E-state index contributed by atoms with van der Waals surface area (Å²) in [6, 6.07) is 5.55. The molecule has 0 fully saturated rings. The number of halogens is 4. The zero-order valence-corrected chi connectivity index (χ0v) is 9.97. The van der Waals surface area contributed by atoms with Gasteiger partial charge in [0, 0.05) is 11.4 Å². The molecule has 0 aliphatic rings. The van der Waals surface area contributed by atoms with Crippen LogP contribution in [0.5, 0.6) is 0 Å². The van der Waals surface area contributed by atoms with Crippen LogP contribution in [0.25, 0.3) is 0 Å². The van der Waals surface area contributed by atoms with E-state index < -0.39 is 3.79 Å². The van der Waals surface area contributed by atoms with Crippen LogP contribution in [0.15, 0.2) is 18.2 Å². The van der Waals surface area contributed by atoms with Crippen LogP contribution in [0.1, 0.15) is 11.1 Å². The first kappa shape index (κ1) is 11.5. The summed E-state index contributed by atoms with van der Waals surface area (Å²) in [5.74, 6) is 0. The predicted molar refractivity (Wildman–Crippen MR) is 60.2 cm³/mol. The third kappa shape index (κ3) is 3.95. The predicted octanol–water partition coefficient (Wildman–Crippen LogP) is 4.56. The van der Waals surface area contributed by atoms with Crippen LogP contribution in [-0.2, 0) is 6.42 Å². The van der Waals surface area contributed by atoms with E-state index in [1.807, 2.05) is 25.1 Å². The molecule has 0 amide bonds. The Kier molecular flexibility index (Phi) is 3.76. The fraction of sp³-hybridized carbons (Fsp3) is 0.333. The summed E-state index contributed by atoms with van der Waals surface area (Å²) in [7, 11) is 0. The molecule has 0 spiro atoms. The monoisotopic (exact) mass is 256 g/mol. The molecule has 0 nitrogen and oxygen atoms in total. The lowest BCUT2D eigenvalue weighted by Crippen LogP contribution is -2.07. The van der Waals surface area contributed by atoms with Crippen molar-refractivity contribution < 1.29 is 0 Å². The van der Waals surface area contributed by atoms with Crippen molar-refractivity contribution in [1.82, 2.24) is 0 Å². The third-order valence-corrected chi connectivity index (χ3v) is 2.34. The summed E-state index contributed by atoms with van der Waals surface area (Å²) in [4.78, 5) is 0. The van der Waals surface area contributed by atoms with Gasteiger partial charge < -0.3 is 0 Å². The van der Waals surface area contributed by atoms with E-state index in [-0.39, 0.29) is 0 Å². The van der Waals surface area contributed by atoms with E-state index in [0.29, 0.717) is 11.4 Å². The smallest absolute Gasteiger partial charge is 0.0843 e. The van der Waals surface area contributed by atoms with Crippen molar-refractivity contribution in [2.45, 2.75) is 17.1 Å². The summed E-state index contributed by atoms with van der Waals surface area (Å²) in [6.45, 7) is 1.96. The summed E-state index contributed by atoms with van der Waals surface area (Å²) < 4.78 is -1.25. The molecular formula is C9H8Cl4. The largest absolute Gasteiger partial charge is 0.194 e. The zero-order chi connectivity index (χ0) is 10.1. The van der Waals surface area contributed by atoms with Crippen molar-refractivity contribution in [3.05, 3.63) is 34.3 Å². The fourth-order valence-electron chi connectivity index (χ4n) is 1.05. The van der Waals surface area contributed by atoms with Gasteiger partial charge in [-0.15, -0.1) is 0 Å². The summed E-state index contributed by atoms with van der Waals surface area (Å²) in [6.07, 6.45) is 0.379. The van der Waals surface area contributed by atoms with Crippen molar-refractivity contribution in [2.75, 3.05) is 0 Å². The molecule has 0 radical (unpaired) electrons. The van der Waals surface area contributed by atoms with Gasteiger partial charge >= 0.3 is 0 Å². The van der Waals surface area contributed by atoms with Gasteiger partial charge in [0.25, 0.3) is 0 Å². The van der Waals surface area contributed by atoms with Gasteiger partial charge in [-0.05, 0) is 30.2 Å². The van der Waals surface area contributed by atoms with Crippen molar-refractivity contribution in [2.24, 2.45) is 0 Å². The van der Waals surface area contributed by atoms with E-state index in [4.69, 9.17) is 46.4 Å². The first-order valence-electron chi connectivity index (χ1n) is 3.70. The number of hydrogen-bond donors (Lipinski definition) is 0. The summed E-state index contributed by atoms with van der Waals surface area (Å²) >= 11 is 22.9. The molecule has 0 unspecified atom stereocenters. The molecule has 0 atom stereocenters. The Bertz CT molecular complexity index is 301. The second-order valence-electron chi connectivity index (χ2n) is 2.86. The van der Waals surface area contributed by atoms with E-state index in [1.165, 1.54) is 0 Å². The highest BCUT2D eigenvalue weighted by Gasteiger charge is 2.21. The standard InChI is InChI=1S/C9H8Cl4/c1-6-2-3-8(10)4-7(6)5-9(11,12)13/h2-4H,5H2,1H3. The van der Waals surface area contributed by atoms with Gasteiger partial charge in [0.15, 0.2) is 3.79 Å². The number of rotatable bonds is 1. The van der Waals surface area contributed by atoms with E-state index >= 15 is 0 Å². The number of aryl methyl sites for hydroxylation is 1. The normalized spacial score (nSPS) is 11.8. The van der Waals surface area contributed by atoms with Crippen LogP contribution in [0, 0.1) is 6.92 Å². The van der Waals surface area contributed by atoms with Gasteiger partial charge in [-0.1, -0.05) is 52.5 Å². The second-order valence-corrected chi connectivity index (χ2v) is 5.82. The van der Waals surface area contributed by atoms with Gasteiger partial charge in [-0.25, -0.2) is 0 Å². The Morgan fingerprint density at radius 1 is 1.23 bits per heavy atom. The first-order chi connectivity index (χ1) is 5.88. The molecule has 0 saturated carbocycles. The lowest BCUT2D eigenvalue weighted by atomic mass is 10.1. The number of alkyl halides is 3. The SMILES string of the molecule is Cc1ccc(Cl)cc1CC(Cl)(Cl)Cl. The highest BCUT2D eigenvalue weighted by Crippen LogP contribution is 2.32. The van der Waals surface area contributed by atoms with E-state index in [2.05, 4.69) is 0 Å². The maximum absolute atomic E-state index is 5.82. The van der Waals surface area contributed by atoms with E-state index in [1.54, 1.807) is 0 Å². The van der Waals surface area contributed by atoms with Crippen LogP contribution in [0.4, 0.5) is 0 Å². The Morgan fingerprint density at radius 2 is 1.85 bits per heavy atom. The number of hydrogen-bond acceptors (Lipinski definition) is 0. The molecule has 4 heteroatoms. The Labute approximate surface area is 97.7 Å². The molecule has 1 aromatic rings. The average molecular weight is 258 g/mol. The Balaban J connectivity index is 2.94. The molecule has 0 heterocycles. The van der Waals surface area contributed by atoms with Gasteiger partial charge in [0.1, 0.15) is 0 Å². The lowest BCUT2D eigenvalue weighted by molar-refractivity contribution is 1.00. The minimum atomic E-state index is -1.25. The molecule has 0 bridgehead atoms. The van der Waals surface area contributed by atoms with Crippen molar-refractivity contribution in [3.8, 4) is 0 Å². The molecule has 72 valence electrons. The van der Waals surface area contributed by atoms with Gasteiger partial charge in [-0.3, -0.25) is 0 Å². The molecule has 0 aliphatic heterocycles. The van der Waals surface area contributed by atoms with Gasteiger partial charge in [0.2, 0.25) is 0 Å².